The fourth-order valence-electron chi connectivity index (χ4n) is 3.53. The van der Waals surface area contributed by atoms with Gasteiger partial charge in [0.1, 0.15) is 5.75 Å². The molecule has 1 aromatic heterocycles. The van der Waals surface area contributed by atoms with Gasteiger partial charge in [0.15, 0.2) is 0 Å². The van der Waals surface area contributed by atoms with E-state index in [9.17, 15) is 9.90 Å². The molecule has 27 heavy (non-hydrogen) atoms. The highest BCUT2D eigenvalue weighted by molar-refractivity contribution is 5.94. The van der Waals surface area contributed by atoms with Crippen LogP contribution >= 0.6 is 0 Å². The quantitative estimate of drug-likeness (QED) is 0.818. The Bertz CT molecular complexity index is 768. The molecule has 0 aliphatic carbocycles. The van der Waals surface area contributed by atoms with Crippen LogP contribution in [0.4, 0.5) is 0 Å². The molecule has 0 bridgehead atoms. The normalized spacial score (nSPS) is 16.9. The van der Waals surface area contributed by atoms with Gasteiger partial charge in [0.25, 0.3) is 5.91 Å². The van der Waals surface area contributed by atoms with Crippen LogP contribution < -0.4 is 5.32 Å². The summed E-state index contributed by atoms with van der Waals surface area (Å²) in [6.07, 6.45) is 7.41. The summed E-state index contributed by atoms with van der Waals surface area (Å²) in [7, 11) is 1.78. The van der Waals surface area contributed by atoms with E-state index >= 15 is 0 Å². The van der Waals surface area contributed by atoms with Gasteiger partial charge in [-0.1, -0.05) is 6.42 Å². The number of nitrogens with zero attached hydrogens (tertiary/aromatic N) is 2. The van der Waals surface area contributed by atoms with Gasteiger partial charge in [0, 0.05) is 31.4 Å². The fourth-order valence-corrected chi connectivity index (χ4v) is 3.53. The average Bonchev–Trinajstić information content (AvgIpc) is 2.71. The van der Waals surface area contributed by atoms with Crippen LogP contribution in [0.3, 0.4) is 0 Å². The highest BCUT2D eigenvalue weighted by atomic mass is 16.3. The van der Waals surface area contributed by atoms with E-state index in [4.69, 9.17) is 0 Å². The summed E-state index contributed by atoms with van der Waals surface area (Å²) in [6.45, 7) is 3.71. The van der Waals surface area contributed by atoms with Crippen LogP contribution in [0.15, 0.2) is 36.5 Å². The third-order valence-corrected chi connectivity index (χ3v) is 5.30. The van der Waals surface area contributed by atoms with E-state index in [2.05, 4.69) is 16.4 Å². The summed E-state index contributed by atoms with van der Waals surface area (Å²) in [5, 5.41) is 13.7. The molecule has 1 atom stereocenters. The maximum absolute atomic E-state index is 12.2. The highest BCUT2D eigenvalue weighted by Crippen LogP contribution is 2.26. The topological polar surface area (TPSA) is 65.5 Å². The molecule has 0 spiro atoms. The van der Waals surface area contributed by atoms with Gasteiger partial charge in [0.2, 0.25) is 0 Å². The van der Waals surface area contributed by atoms with Crippen LogP contribution in [-0.4, -0.2) is 47.1 Å². The van der Waals surface area contributed by atoms with Crippen LogP contribution in [0.25, 0.3) is 11.3 Å². The summed E-state index contributed by atoms with van der Waals surface area (Å²) in [5.41, 5.74) is 3.33. The lowest BCUT2D eigenvalue weighted by molar-refractivity contribution is 0.0802. The van der Waals surface area contributed by atoms with Crippen molar-refractivity contribution in [3.63, 3.8) is 0 Å². The zero-order valence-electron chi connectivity index (χ0n) is 16.2. The lowest BCUT2D eigenvalue weighted by Gasteiger charge is -2.23. The van der Waals surface area contributed by atoms with Crippen molar-refractivity contribution >= 4 is 5.91 Å². The van der Waals surface area contributed by atoms with E-state index in [1.807, 2.05) is 19.1 Å². The molecular formula is C22H29N3O2. The molecule has 2 heterocycles. The van der Waals surface area contributed by atoms with Crippen LogP contribution in [0.1, 0.15) is 48.5 Å². The summed E-state index contributed by atoms with van der Waals surface area (Å²) >= 11 is 0. The van der Waals surface area contributed by atoms with Crippen LogP contribution in [-0.2, 0) is 6.42 Å². The largest absolute Gasteiger partial charge is 0.508 e. The molecule has 2 aromatic rings. The Labute approximate surface area is 161 Å². The molecule has 1 aliphatic heterocycles. The third kappa shape index (κ3) is 5.07. The van der Waals surface area contributed by atoms with E-state index in [0.29, 0.717) is 18.2 Å². The Balaban J connectivity index is 1.72. The first-order chi connectivity index (χ1) is 13.1. The van der Waals surface area contributed by atoms with Crippen molar-refractivity contribution in [3.8, 4) is 17.0 Å². The summed E-state index contributed by atoms with van der Waals surface area (Å²) < 4.78 is 0. The van der Waals surface area contributed by atoms with E-state index in [-0.39, 0.29) is 11.7 Å². The van der Waals surface area contributed by atoms with E-state index in [1.54, 1.807) is 30.3 Å². The van der Waals surface area contributed by atoms with E-state index < -0.39 is 0 Å². The maximum Gasteiger partial charge on any atom is 0.255 e. The number of pyridine rings is 1. The number of aromatic nitrogens is 1. The predicted octanol–water partition coefficient (Wildman–Crippen LogP) is 3.62. The van der Waals surface area contributed by atoms with Gasteiger partial charge in [-0.25, -0.2) is 0 Å². The molecule has 1 aromatic carbocycles. The number of hydrogen-bond acceptors (Lipinski definition) is 4. The number of phenols is 1. The number of phenolic OH excluding ortho intramolecular Hbond substituents is 1. The van der Waals surface area contributed by atoms with Crippen LogP contribution in [0, 0.1) is 0 Å². The van der Waals surface area contributed by atoms with Gasteiger partial charge in [-0.15, -0.1) is 0 Å². The Hall–Kier alpha value is -2.40. The first-order valence-corrected chi connectivity index (χ1v) is 9.85. The molecule has 1 unspecified atom stereocenters. The smallest absolute Gasteiger partial charge is 0.255 e. The second-order valence-electron chi connectivity index (χ2n) is 7.33. The Morgan fingerprint density at radius 3 is 2.81 bits per heavy atom. The van der Waals surface area contributed by atoms with Crippen LogP contribution in [0.5, 0.6) is 5.75 Å². The van der Waals surface area contributed by atoms with Gasteiger partial charge >= 0.3 is 0 Å². The number of benzene rings is 1. The highest BCUT2D eigenvalue weighted by Gasteiger charge is 2.14. The van der Waals surface area contributed by atoms with Gasteiger partial charge in [-0.3, -0.25) is 9.78 Å². The Morgan fingerprint density at radius 2 is 2.15 bits per heavy atom. The molecule has 1 aliphatic rings. The minimum atomic E-state index is -0.0341. The number of amides is 1. The Morgan fingerprint density at radius 1 is 1.30 bits per heavy atom. The minimum absolute atomic E-state index is 0.0341. The van der Waals surface area contributed by atoms with Crippen molar-refractivity contribution in [2.24, 2.45) is 0 Å². The van der Waals surface area contributed by atoms with E-state index in [0.717, 1.165) is 36.2 Å². The zero-order chi connectivity index (χ0) is 19.2. The molecule has 0 radical (unpaired) electrons. The van der Waals surface area contributed by atoms with Crippen molar-refractivity contribution in [2.45, 2.75) is 45.1 Å². The average molecular weight is 367 g/mol. The standard InChI is InChI=1S/C22H29N3O2/c1-3-25(2)22(27)17-8-10-21(24-15-17)18-12-16(13-20(26)14-18)7-9-19-6-4-5-11-23-19/h8,10,12-15,19,23,26H,3-7,9,11H2,1-2H3. The lowest BCUT2D eigenvalue weighted by atomic mass is 9.96. The monoisotopic (exact) mass is 367 g/mol. The van der Waals surface area contributed by atoms with Crippen molar-refractivity contribution in [1.82, 2.24) is 15.2 Å². The predicted molar refractivity (Wildman–Crippen MR) is 108 cm³/mol. The summed E-state index contributed by atoms with van der Waals surface area (Å²) in [6, 6.07) is 9.86. The van der Waals surface area contributed by atoms with Crippen molar-refractivity contribution < 1.29 is 9.90 Å². The number of nitrogens with one attached hydrogen (secondary N) is 1. The van der Waals surface area contributed by atoms with Crippen LogP contribution in [0.2, 0.25) is 0 Å². The molecule has 3 rings (SSSR count). The molecule has 0 saturated carbocycles. The molecule has 2 N–H and O–H groups in total. The maximum atomic E-state index is 12.2. The summed E-state index contributed by atoms with van der Waals surface area (Å²) in [5.74, 6) is 0.222. The Kier molecular flexibility index (Phi) is 6.45. The van der Waals surface area contributed by atoms with Crippen molar-refractivity contribution in [2.75, 3.05) is 20.1 Å². The molecule has 144 valence electrons. The molecule has 5 heteroatoms. The number of aryl methyl sites for hydroxylation is 1. The zero-order valence-corrected chi connectivity index (χ0v) is 16.2. The molecular weight excluding hydrogens is 338 g/mol. The second kappa shape index (κ2) is 9.00. The van der Waals surface area contributed by atoms with Crippen molar-refractivity contribution in [3.05, 3.63) is 47.7 Å². The first kappa shape index (κ1) is 19.4. The van der Waals surface area contributed by atoms with Gasteiger partial charge in [-0.2, -0.15) is 0 Å². The van der Waals surface area contributed by atoms with Gasteiger partial charge in [0.05, 0.1) is 11.3 Å². The molecule has 1 fully saturated rings. The van der Waals surface area contributed by atoms with Gasteiger partial charge in [-0.05, 0) is 75.0 Å². The van der Waals surface area contributed by atoms with Crippen molar-refractivity contribution in [1.29, 1.82) is 0 Å². The fraction of sp³-hybridized carbons (Fsp3) is 0.455. The number of carbonyl (C=O) groups is 1. The minimum Gasteiger partial charge on any atom is -0.508 e. The third-order valence-electron chi connectivity index (χ3n) is 5.30. The van der Waals surface area contributed by atoms with Gasteiger partial charge < -0.3 is 15.3 Å². The second-order valence-corrected chi connectivity index (χ2v) is 7.33. The number of carbonyl (C=O) groups excluding carboxylic acids is 1. The number of hydrogen-bond donors (Lipinski definition) is 2. The molecule has 1 amide bonds. The number of piperidine rings is 1. The van der Waals surface area contributed by atoms with E-state index in [1.165, 1.54) is 19.3 Å². The lowest BCUT2D eigenvalue weighted by Crippen LogP contribution is -2.34. The number of aromatic hydroxyl groups is 1. The summed E-state index contributed by atoms with van der Waals surface area (Å²) in [4.78, 5) is 18.3. The molecule has 5 nitrogen and oxygen atoms in total. The SMILES string of the molecule is CCN(C)C(=O)c1ccc(-c2cc(O)cc(CCC3CCCCN3)c2)nc1. The molecule has 1 saturated heterocycles. The number of rotatable bonds is 6. The first-order valence-electron chi connectivity index (χ1n) is 9.85.